The summed E-state index contributed by atoms with van der Waals surface area (Å²) >= 11 is 0. The normalized spacial score (nSPS) is 13.6. The van der Waals surface area contributed by atoms with Crippen molar-refractivity contribution in [3.05, 3.63) is 29.3 Å². The molecule has 0 aromatic heterocycles. The molecule has 0 radical (unpaired) electrons. The molecule has 0 aliphatic carbocycles. The quantitative estimate of drug-likeness (QED) is 0.434. The fourth-order valence-electron chi connectivity index (χ4n) is 1.51. The van der Waals surface area contributed by atoms with Gasteiger partial charge in [0.05, 0.1) is 12.2 Å². The summed E-state index contributed by atoms with van der Waals surface area (Å²) in [6.07, 6.45) is -3.41. The number of hydrogen-bond donors (Lipinski definition) is 4. The van der Waals surface area contributed by atoms with Crippen molar-refractivity contribution in [3.63, 3.8) is 0 Å². The number of aliphatic hydroxyl groups excluding tert-OH is 2. The molecule has 1 rings (SSSR count). The summed E-state index contributed by atoms with van der Waals surface area (Å²) in [4.78, 5) is 22.1. The zero-order valence-corrected chi connectivity index (χ0v) is 10.2. The summed E-state index contributed by atoms with van der Waals surface area (Å²) in [5.41, 5.74) is 5.48. The summed E-state index contributed by atoms with van der Waals surface area (Å²) in [7, 11) is 0. The lowest BCUT2D eigenvalue weighted by atomic mass is 10.0. The van der Waals surface area contributed by atoms with Gasteiger partial charge in [-0.2, -0.15) is 0 Å². The van der Waals surface area contributed by atoms with Crippen LogP contribution in [0.25, 0.3) is 0 Å². The highest BCUT2D eigenvalue weighted by atomic mass is 16.5. The molecular weight excluding hydrogens is 254 g/mol. The number of carbonyl (C=O) groups is 2. The van der Waals surface area contributed by atoms with Gasteiger partial charge in [-0.05, 0) is 30.7 Å². The maximum Gasteiger partial charge on any atom is 0.338 e. The molecule has 0 heterocycles. The SMILES string of the molecule is CCOC(=O)C(O)C(O)c1cc(N)cc(C(=O)O)c1. The number of anilines is 1. The second kappa shape index (κ2) is 6.17. The molecule has 1 aromatic carbocycles. The molecule has 0 fully saturated rings. The molecule has 1 aromatic rings. The van der Waals surface area contributed by atoms with Crippen molar-refractivity contribution in [1.29, 1.82) is 0 Å². The van der Waals surface area contributed by atoms with E-state index in [1.165, 1.54) is 12.1 Å². The maximum absolute atomic E-state index is 11.3. The summed E-state index contributed by atoms with van der Waals surface area (Å²) in [5, 5.41) is 28.3. The number of carboxylic acids is 1. The Kier molecular flexibility index (Phi) is 4.85. The van der Waals surface area contributed by atoms with Crippen molar-refractivity contribution in [2.24, 2.45) is 0 Å². The van der Waals surface area contributed by atoms with Crippen LogP contribution in [0.4, 0.5) is 5.69 Å². The number of hydrogen-bond acceptors (Lipinski definition) is 6. The van der Waals surface area contributed by atoms with Crippen LogP contribution in [0.15, 0.2) is 18.2 Å². The Balaban J connectivity index is 3.02. The van der Waals surface area contributed by atoms with Crippen LogP contribution in [0.5, 0.6) is 0 Å². The van der Waals surface area contributed by atoms with Gasteiger partial charge >= 0.3 is 11.9 Å². The first-order valence-electron chi connectivity index (χ1n) is 5.53. The molecule has 5 N–H and O–H groups in total. The highest BCUT2D eigenvalue weighted by molar-refractivity contribution is 5.89. The molecule has 7 heteroatoms. The number of ether oxygens (including phenoxy) is 1. The highest BCUT2D eigenvalue weighted by Crippen LogP contribution is 2.22. The molecule has 0 saturated carbocycles. The molecule has 0 saturated heterocycles. The van der Waals surface area contributed by atoms with Crippen LogP contribution in [0.1, 0.15) is 28.9 Å². The molecule has 0 aliphatic heterocycles. The Morgan fingerprint density at radius 3 is 2.47 bits per heavy atom. The Bertz CT molecular complexity index is 487. The molecule has 0 amide bonds. The van der Waals surface area contributed by atoms with Gasteiger partial charge in [0.15, 0.2) is 6.10 Å². The topological polar surface area (TPSA) is 130 Å². The van der Waals surface area contributed by atoms with Crippen molar-refractivity contribution in [2.45, 2.75) is 19.1 Å². The predicted octanol–water partition coefficient (Wildman–Crippen LogP) is -0.0756. The van der Waals surface area contributed by atoms with E-state index in [9.17, 15) is 19.8 Å². The van der Waals surface area contributed by atoms with Crippen molar-refractivity contribution in [3.8, 4) is 0 Å². The van der Waals surface area contributed by atoms with Crippen LogP contribution >= 0.6 is 0 Å². The third-order valence-corrected chi connectivity index (χ3v) is 2.39. The van der Waals surface area contributed by atoms with Gasteiger partial charge in [0.2, 0.25) is 0 Å². The Morgan fingerprint density at radius 1 is 1.32 bits per heavy atom. The number of benzene rings is 1. The van der Waals surface area contributed by atoms with Crippen molar-refractivity contribution >= 4 is 17.6 Å². The number of rotatable bonds is 5. The lowest BCUT2D eigenvalue weighted by molar-refractivity contribution is -0.159. The van der Waals surface area contributed by atoms with Crippen molar-refractivity contribution < 1.29 is 29.6 Å². The summed E-state index contributed by atoms with van der Waals surface area (Å²) in [5.74, 6) is -2.22. The fourth-order valence-corrected chi connectivity index (χ4v) is 1.51. The van der Waals surface area contributed by atoms with E-state index in [0.717, 1.165) is 6.07 Å². The number of carboxylic acid groups (broad SMARTS) is 1. The van der Waals surface area contributed by atoms with Gasteiger partial charge < -0.3 is 25.8 Å². The Hall–Kier alpha value is -2.12. The molecule has 2 atom stereocenters. The average molecular weight is 269 g/mol. The van der Waals surface area contributed by atoms with Crippen LogP contribution in [0.2, 0.25) is 0 Å². The van der Waals surface area contributed by atoms with Crippen LogP contribution in [0.3, 0.4) is 0 Å². The van der Waals surface area contributed by atoms with E-state index >= 15 is 0 Å². The number of esters is 1. The Labute approximate surface area is 109 Å². The van der Waals surface area contributed by atoms with Crippen molar-refractivity contribution in [2.75, 3.05) is 12.3 Å². The van der Waals surface area contributed by atoms with Crippen LogP contribution in [-0.2, 0) is 9.53 Å². The fraction of sp³-hybridized carbons (Fsp3) is 0.333. The summed E-state index contributed by atoms with van der Waals surface area (Å²) in [6, 6.07) is 3.61. The number of nitrogens with two attached hydrogens (primary N) is 1. The van der Waals surface area contributed by atoms with Crippen LogP contribution in [-0.4, -0.2) is 40.0 Å². The standard InChI is InChI=1S/C12H15NO6/c1-2-19-12(18)10(15)9(14)6-3-7(11(16)17)5-8(13)4-6/h3-5,9-10,14-15H,2,13H2,1H3,(H,16,17). The lowest BCUT2D eigenvalue weighted by Crippen LogP contribution is -2.30. The molecular formula is C12H15NO6. The van der Waals surface area contributed by atoms with Gasteiger partial charge in [-0.15, -0.1) is 0 Å². The summed E-state index contributed by atoms with van der Waals surface area (Å²) < 4.78 is 4.56. The van der Waals surface area contributed by atoms with E-state index in [0.29, 0.717) is 0 Å². The first-order valence-corrected chi connectivity index (χ1v) is 5.53. The molecule has 104 valence electrons. The largest absolute Gasteiger partial charge is 0.478 e. The number of nitrogen functional groups attached to an aromatic ring is 1. The minimum Gasteiger partial charge on any atom is -0.478 e. The third-order valence-electron chi connectivity index (χ3n) is 2.39. The maximum atomic E-state index is 11.3. The van der Waals surface area contributed by atoms with Gasteiger partial charge in [-0.3, -0.25) is 0 Å². The van der Waals surface area contributed by atoms with Gasteiger partial charge in [-0.1, -0.05) is 0 Å². The minimum atomic E-state index is -1.80. The van der Waals surface area contributed by atoms with E-state index in [2.05, 4.69) is 4.74 Å². The first-order chi connectivity index (χ1) is 8.86. The van der Waals surface area contributed by atoms with E-state index in [1.54, 1.807) is 6.92 Å². The number of aromatic carboxylic acids is 1. The zero-order chi connectivity index (χ0) is 14.6. The molecule has 0 bridgehead atoms. The van der Waals surface area contributed by atoms with Gasteiger partial charge in [0.25, 0.3) is 0 Å². The Morgan fingerprint density at radius 2 is 1.95 bits per heavy atom. The molecule has 0 aliphatic rings. The highest BCUT2D eigenvalue weighted by Gasteiger charge is 2.27. The van der Waals surface area contributed by atoms with E-state index in [4.69, 9.17) is 10.8 Å². The van der Waals surface area contributed by atoms with Crippen LogP contribution < -0.4 is 5.73 Å². The van der Waals surface area contributed by atoms with Crippen LogP contribution in [0, 0.1) is 0 Å². The molecule has 7 nitrogen and oxygen atoms in total. The predicted molar refractivity (Wildman–Crippen MR) is 65.4 cm³/mol. The van der Waals surface area contributed by atoms with Gasteiger partial charge in [-0.25, -0.2) is 9.59 Å². The van der Waals surface area contributed by atoms with Crippen molar-refractivity contribution in [1.82, 2.24) is 0 Å². The third kappa shape index (κ3) is 3.67. The second-order valence-corrected chi connectivity index (χ2v) is 3.84. The first kappa shape index (κ1) is 14.9. The van der Waals surface area contributed by atoms with Gasteiger partial charge in [0, 0.05) is 5.69 Å². The van der Waals surface area contributed by atoms with E-state index < -0.39 is 24.1 Å². The lowest BCUT2D eigenvalue weighted by Gasteiger charge is -2.17. The second-order valence-electron chi connectivity index (χ2n) is 3.84. The molecule has 0 spiro atoms. The smallest absolute Gasteiger partial charge is 0.338 e. The number of aliphatic hydroxyl groups is 2. The van der Waals surface area contributed by atoms with E-state index in [-0.39, 0.29) is 23.4 Å². The summed E-state index contributed by atoms with van der Waals surface area (Å²) in [6.45, 7) is 1.61. The zero-order valence-electron chi connectivity index (χ0n) is 10.2. The monoisotopic (exact) mass is 269 g/mol. The molecule has 19 heavy (non-hydrogen) atoms. The number of carbonyl (C=O) groups excluding carboxylic acids is 1. The average Bonchev–Trinajstić information content (AvgIpc) is 2.36. The minimum absolute atomic E-state index is 0.0259. The van der Waals surface area contributed by atoms with Gasteiger partial charge in [0.1, 0.15) is 6.10 Å². The van der Waals surface area contributed by atoms with E-state index in [1.807, 2.05) is 0 Å². The molecule has 2 unspecified atom stereocenters.